The Bertz CT molecular complexity index is 462. The summed E-state index contributed by atoms with van der Waals surface area (Å²) >= 11 is 0. The smallest absolute Gasteiger partial charge is 0.147 e. The zero-order chi connectivity index (χ0) is 11.4. The minimum absolute atomic E-state index is 0.175. The van der Waals surface area contributed by atoms with Crippen molar-refractivity contribution in [2.45, 2.75) is 25.7 Å². The highest BCUT2D eigenvalue weighted by atomic mass is 19.1. The maximum atomic E-state index is 13.4. The summed E-state index contributed by atoms with van der Waals surface area (Å²) in [6, 6.07) is 5.21. The summed E-state index contributed by atoms with van der Waals surface area (Å²) in [7, 11) is 0. The number of aromatic nitrogens is 1. The third-order valence-electron chi connectivity index (χ3n) is 2.90. The van der Waals surface area contributed by atoms with Gasteiger partial charge in [0.1, 0.15) is 5.82 Å². The van der Waals surface area contributed by atoms with Crippen LogP contribution in [0.15, 0.2) is 24.4 Å². The second kappa shape index (κ2) is 5.12. The number of nitrogens with one attached hydrogen (secondary N) is 1. The summed E-state index contributed by atoms with van der Waals surface area (Å²) in [6.45, 7) is 0.752. The molecule has 0 fully saturated rings. The van der Waals surface area contributed by atoms with Crippen molar-refractivity contribution in [2.24, 2.45) is 5.73 Å². The van der Waals surface area contributed by atoms with Crippen LogP contribution >= 0.6 is 0 Å². The van der Waals surface area contributed by atoms with Gasteiger partial charge < -0.3 is 10.7 Å². The number of nitrogens with two attached hydrogens (primary N) is 1. The quantitative estimate of drug-likeness (QED) is 0.747. The first-order chi connectivity index (χ1) is 7.83. The van der Waals surface area contributed by atoms with Gasteiger partial charge in [0.25, 0.3) is 0 Å². The monoisotopic (exact) mass is 220 g/mol. The van der Waals surface area contributed by atoms with Gasteiger partial charge in [-0.15, -0.1) is 0 Å². The number of fused-ring (bicyclic) bond motifs is 1. The van der Waals surface area contributed by atoms with E-state index in [9.17, 15) is 4.39 Å². The number of hydrogen-bond donors (Lipinski definition) is 2. The molecule has 0 aliphatic rings. The Kier molecular flexibility index (Phi) is 3.57. The second-order valence-corrected chi connectivity index (χ2v) is 4.08. The fourth-order valence-corrected chi connectivity index (χ4v) is 2.02. The number of rotatable bonds is 5. The molecular weight excluding hydrogens is 203 g/mol. The van der Waals surface area contributed by atoms with E-state index in [1.54, 1.807) is 6.07 Å². The summed E-state index contributed by atoms with van der Waals surface area (Å²) in [5.74, 6) is -0.175. The largest absolute Gasteiger partial charge is 0.359 e. The predicted octanol–water partition coefficient (Wildman–Crippen LogP) is 2.98. The van der Waals surface area contributed by atoms with E-state index < -0.39 is 0 Å². The van der Waals surface area contributed by atoms with E-state index >= 15 is 0 Å². The molecule has 3 N–H and O–H groups in total. The van der Waals surface area contributed by atoms with Crippen LogP contribution in [0.3, 0.4) is 0 Å². The maximum Gasteiger partial charge on any atom is 0.147 e. The molecule has 0 aliphatic carbocycles. The number of aryl methyl sites for hydroxylation is 1. The highest BCUT2D eigenvalue weighted by molar-refractivity contribution is 5.83. The first kappa shape index (κ1) is 11.1. The number of aromatic amines is 1. The topological polar surface area (TPSA) is 41.8 Å². The number of benzene rings is 1. The van der Waals surface area contributed by atoms with Crippen molar-refractivity contribution < 1.29 is 4.39 Å². The summed E-state index contributed by atoms with van der Waals surface area (Å²) in [5, 5.41) is 1.01. The Morgan fingerprint density at radius 3 is 2.88 bits per heavy atom. The summed E-state index contributed by atoms with van der Waals surface area (Å²) in [4.78, 5) is 3.00. The lowest BCUT2D eigenvalue weighted by Gasteiger charge is -1.99. The fourth-order valence-electron chi connectivity index (χ4n) is 2.02. The molecule has 0 spiro atoms. The van der Waals surface area contributed by atoms with Crippen LogP contribution in [0.2, 0.25) is 0 Å². The summed E-state index contributed by atoms with van der Waals surface area (Å²) < 4.78 is 13.4. The van der Waals surface area contributed by atoms with Gasteiger partial charge in [0.2, 0.25) is 0 Å². The van der Waals surface area contributed by atoms with Crippen LogP contribution in [0.1, 0.15) is 24.8 Å². The number of unbranched alkanes of at least 4 members (excludes halogenated alkanes) is 2. The van der Waals surface area contributed by atoms with Crippen LogP contribution in [0.4, 0.5) is 4.39 Å². The highest BCUT2D eigenvalue weighted by Gasteiger charge is 2.06. The number of hydrogen-bond acceptors (Lipinski definition) is 1. The van der Waals surface area contributed by atoms with Crippen LogP contribution < -0.4 is 5.73 Å². The van der Waals surface area contributed by atoms with E-state index in [2.05, 4.69) is 4.98 Å². The Hall–Kier alpha value is -1.35. The lowest BCUT2D eigenvalue weighted by Crippen LogP contribution is -1.98. The summed E-state index contributed by atoms with van der Waals surface area (Å²) in [6.07, 6.45) is 6.22. The molecule has 0 aliphatic heterocycles. The highest BCUT2D eigenvalue weighted by Crippen LogP contribution is 2.22. The van der Waals surface area contributed by atoms with Crippen molar-refractivity contribution in [1.82, 2.24) is 4.98 Å². The minimum atomic E-state index is -0.175. The zero-order valence-corrected chi connectivity index (χ0v) is 9.30. The van der Waals surface area contributed by atoms with Crippen molar-refractivity contribution >= 4 is 10.9 Å². The Labute approximate surface area is 94.7 Å². The van der Waals surface area contributed by atoms with E-state index in [-0.39, 0.29) is 5.82 Å². The van der Waals surface area contributed by atoms with E-state index in [0.717, 1.165) is 37.6 Å². The van der Waals surface area contributed by atoms with Gasteiger partial charge in [-0.3, -0.25) is 0 Å². The molecule has 0 saturated heterocycles. The van der Waals surface area contributed by atoms with Gasteiger partial charge in [-0.25, -0.2) is 4.39 Å². The molecule has 3 heteroatoms. The van der Waals surface area contributed by atoms with Gasteiger partial charge in [0.05, 0.1) is 5.52 Å². The van der Waals surface area contributed by atoms with Crippen LogP contribution in [0, 0.1) is 5.82 Å². The molecule has 0 atom stereocenters. The van der Waals surface area contributed by atoms with E-state index in [0.29, 0.717) is 5.52 Å². The molecule has 0 saturated carbocycles. The molecule has 1 heterocycles. The Balaban J connectivity index is 2.10. The molecule has 0 bridgehead atoms. The van der Waals surface area contributed by atoms with Crippen molar-refractivity contribution in [3.8, 4) is 0 Å². The van der Waals surface area contributed by atoms with Crippen LogP contribution in [0.25, 0.3) is 10.9 Å². The molecule has 2 aromatic rings. The van der Waals surface area contributed by atoms with Gasteiger partial charge in [0.15, 0.2) is 0 Å². The minimum Gasteiger partial charge on any atom is -0.359 e. The van der Waals surface area contributed by atoms with E-state index in [1.807, 2.05) is 12.3 Å². The standard InChI is InChI=1S/C13H17FN2/c14-12-7-4-6-11-10(9-16-13(11)12)5-2-1-3-8-15/h4,6-7,9,16H,1-3,5,8,15H2. The molecule has 16 heavy (non-hydrogen) atoms. The molecule has 0 radical (unpaired) electrons. The number of para-hydroxylation sites is 1. The van der Waals surface area contributed by atoms with E-state index in [1.165, 1.54) is 11.6 Å². The lowest BCUT2D eigenvalue weighted by atomic mass is 10.1. The average molecular weight is 220 g/mol. The van der Waals surface area contributed by atoms with Gasteiger partial charge in [-0.2, -0.15) is 0 Å². The zero-order valence-electron chi connectivity index (χ0n) is 9.30. The molecule has 2 nitrogen and oxygen atoms in total. The van der Waals surface area contributed by atoms with Crippen molar-refractivity contribution in [3.63, 3.8) is 0 Å². The number of halogens is 1. The molecule has 0 amide bonds. The van der Waals surface area contributed by atoms with Crippen LogP contribution in [0.5, 0.6) is 0 Å². The van der Waals surface area contributed by atoms with Gasteiger partial charge >= 0.3 is 0 Å². The first-order valence-electron chi connectivity index (χ1n) is 5.77. The Morgan fingerprint density at radius 2 is 2.06 bits per heavy atom. The molecule has 86 valence electrons. The van der Waals surface area contributed by atoms with Crippen LogP contribution in [-0.4, -0.2) is 11.5 Å². The SMILES string of the molecule is NCCCCCc1c[nH]c2c(F)cccc12. The maximum absolute atomic E-state index is 13.4. The molecule has 0 unspecified atom stereocenters. The molecule has 2 rings (SSSR count). The molecule has 1 aromatic heterocycles. The van der Waals surface area contributed by atoms with Crippen molar-refractivity contribution in [1.29, 1.82) is 0 Å². The average Bonchev–Trinajstić information content (AvgIpc) is 2.70. The van der Waals surface area contributed by atoms with Gasteiger partial charge in [0, 0.05) is 11.6 Å². The third-order valence-corrected chi connectivity index (χ3v) is 2.90. The molecular formula is C13H17FN2. The van der Waals surface area contributed by atoms with Crippen molar-refractivity contribution in [2.75, 3.05) is 6.54 Å². The lowest BCUT2D eigenvalue weighted by molar-refractivity contribution is 0.637. The normalized spacial score (nSPS) is 11.1. The van der Waals surface area contributed by atoms with Gasteiger partial charge in [-0.05, 0) is 37.4 Å². The molecule has 1 aromatic carbocycles. The van der Waals surface area contributed by atoms with E-state index in [4.69, 9.17) is 5.73 Å². The van der Waals surface area contributed by atoms with Gasteiger partial charge in [-0.1, -0.05) is 18.6 Å². The fraction of sp³-hybridized carbons (Fsp3) is 0.385. The first-order valence-corrected chi connectivity index (χ1v) is 5.77. The van der Waals surface area contributed by atoms with Crippen molar-refractivity contribution in [3.05, 3.63) is 35.8 Å². The second-order valence-electron chi connectivity index (χ2n) is 4.08. The Morgan fingerprint density at radius 1 is 1.19 bits per heavy atom. The predicted molar refractivity (Wildman–Crippen MR) is 64.9 cm³/mol. The third kappa shape index (κ3) is 2.25. The summed E-state index contributed by atoms with van der Waals surface area (Å²) in [5.41, 5.74) is 7.26. The van der Waals surface area contributed by atoms with Crippen LogP contribution in [-0.2, 0) is 6.42 Å². The number of H-pyrrole nitrogens is 1.